The van der Waals surface area contributed by atoms with Crippen molar-refractivity contribution in [2.24, 2.45) is 17.6 Å². The van der Waals surface area contributed by atoms with Gasteiger partial charge in [0.1, 0.15) is 5.82 Å². The molecule has 3 nitrogen and oxygen atoms in total. The number of halogens is 1. The van der Waals surface area contributed by atoms with Gasteiger partial charge in [0.25, 0.3) is 0 Å². The lowest BCUT2D eigenvalue weighted by atomic mass is 9.94. The van der Waals surface area contributed by atoms with Gasteiger partial charge in [-0.1, -0.05) is 32.4 Å². The maximum Gasteiger partial charge on any atom is 0.110 e. The Bertz CT molecular complexity index is 589. The van der Waals surface area contributed by atoms with Gasteiger partial charge < -0.3 is 10.3 Å². The van der Waals surface area contributed by atoms with E-state index in [1.165, 1.54) is 0 Å². The molecule has 2 rings (SSSR count). The van der Waals surface area contributed by atoms with Gasteiger partial charge >= 0.3 is 0 Å². The number of hydrogen-bond donors (Lipinski definition) is 1. The third kappa shape index (κ3) is 3.98. The van der Waals surface area contributed by atoms with Gasteiger partial charge in [0.15, 0.2) is 0 Å². The predicted molar refractivity (Wildman–Crippen MR) is 90.7 cm³/mol. The summed E-state index contributed by atoms with van der Waals surface area (Å²) in [5, 5.41) is 0.767. The molecule has 0 aliphatic rings. The zero-order valence-electron chi connectivity index (χ0n) is 13.3. The van der Waals surface area contributed by atoms with Crippen molar-refractivity contribution in [1.29, 1.82) is 0 Å². The average molecular weight is 308 g/mol. The Morgan fingerprint density at radius 1 is 1.33 bits per heavy atom. The molecule has 116 valence electrons. The molecular weight excluding hydrogens is 282 g/mol. The molecule has 0 aliphatic carbocycles. The topological polar surface area (TPSA) is 43.8 Å². The Labute approximate surface area is 132 Å². The van der Waals surface area contributed by atoms with Crippen molar-refractivity contribution in [2.45, 2.75) is 46.6 Å². The zero-order chi connectivity index (χ0) is 15.4. The highest BCUT2D eigenvalue weighted by Crippen LogP contribution is 2.24. The highest BCUT2D eigenvalue weighted by molar-refractivity contribution is 6.31. The Balaban J connectivity index is 2.35. The van der Waals surface area contributed by atoms with E-state index in [-0.39, 0.29) is 0 Å². The van der Waals surface area contributed by atoms with Crippen LogP contribution in [0.2, 0.25) is 5.02 Å². The van der Waals surface area contributed by atoms with E-state index in [1.54, 1.807) is 0 Å². The average Bonchev–Trinajstić information content (AvgIpc) is 2.75. The number of imidazole rings is 1. The first-order chi connectivity index (χ1) is 10.0. The molecule has 0 saturated carbocycles. The summed E-state index contributed by atoms with van der Waals surface area (Å²) >= 11 is 6.14. The summed E-state index contributed by atoms with van der Waals surface area (Å²) in [6.45, 7) is 8.38. The normalized spacial score (nSPS) is 13.2. The lowest BCUT2D eigenvalue weighted by Crippen LogP contribution is -2.21. The molecule has 0 radical (unpaired) electrons. The van der Waals surface area contributed by atoms with Crippen molar-refractivity contribution in [1.82, 2.24) is 9.55 Å². The van der Waals surface area contributed by atoms with Crippen LogP contribution in [0.1, 0.15) is 39.4 Å². The molecule has 2 aromatic rings. The highest BCUT2D eigenvalue weighted by Gasteiger charge is 2.16. The molecule has 21 heavy (non-hydrogen) atoms. The summed E-state index contributed by atoms with van der Waals surface area (Å²) in [6, 6.07) is 5.93. The van der Waals surface area contributed by atoms with Crippen LogP contribution in [0.15, 0.2) is 18.2 Å². The second kappa shape index (κ2) is 7.28. The van der Waals surface area contributed by atoms with Crippen LogP contribution in [0.25, 0.3) is 11.0 Å². The fourth-order valence-electron chi connectivity index (χ4n) is 2.96. The lowest BCUT2D eigenvalue weighted by molar-refractivity contribution is 0.403. The smallest absolute Gasteiger partial charge is 0.110 e. The van der Waals surface area contributed by atoms with Gasteiger partial charge in [-0.2, -0.15) is 0 Å². The summed E-state index contributed by atoms with van der Waals surface area (Å²) in [5.74, 6) is 2.30. The van der Waals surface area contributed by atoms with E-state index in [4.69, 9.17) is 22.3 Å². The molecule has 0 bridgehead atoms. The van der Waals surface area contributed by atoms with E-state index in [2.05, 4.69) is 25.3 Å². The number of rotatable bonds is 7. The monoisotopic (exact) mass is 307 g/mol. The van der Waals surface area contributed by atoms with Gasteiger partial charge in [-0.25, -0.2) is 4.98 Å². The number of nitrogens with zero attached hydrogens (tertiary/aromatic N) is 2. The van der Waals surface area contributed by atoms with Crippen LogP contribution in [-0.4, -0.2) is 16.1 Å². The molecule has 2 N–H and O–H groups in total. The maximum absolute atomic E-state index is 6.14. The molecule has 0 fully saturated rings. The number of benzene rings is 1. The van der Waals surface area contributed by atoms with Gasteiger partial charge in [-0.05, 0) is 49.4 Å². The van der Waals surface area contributed by atoms with E-state index < -0.39 is 0 Å². The Kier molecular flexibility index (Phi) is 5.65. The van der Waals surface area contributed by atoms with Crippen LogP contribution in [-0.2, 0) is 13.0 Å². The highest BCUT2D eigenvalue weighted by atomic mass is 35.5. The molecule has 1 aromatic carbocycles. The largest absolute Gasteiger partial charge is 0.330 e. The summed E-state index contributed by atoms with van der Waals surface area (Å²) in [6.07, 6.45) is 3.18. The van der Waals surface area contributed by atoms with Crippen LogP contribution >= 0.6 is 11.6 Å². The summed E-state index contributed by atoms with van der Waals surface area (Å²) in [4.78, 5) is 4.82. The van der Waals surface area contributed by atoms with Crippen LogP contribution in [0.5, 0.6) is 0 Å². The molecule has 0 spiro atoms. The first-order valence-electron chi connectivity index (χ1n) is 7.89. The van der Waals surface area contributed by atoms with Gasteiger partial charge in [0.2, 0.25) is 0 Å². The Hall–Kier alpha value is -1.06. The molecule has 1 unspecified atom stereocenters. The fraction of sp³-hybridized carbons (Fsp3) is 0.588. The number of fused-ring (bicyclic) bond motifs is 1. The number of hydrogen-bond acceptors (Lipinski definition) is 2. The van der Waals surface area contributed by atoms with Crippen LogP contribution in [0.4, 0.5) is 0 Å². The third-order valence-corrected chi connectivity index (χ3v) is 4.08. The van der Waals surface area contributed by atoms with Crippen molar-refractivity contribution in [2.75, 3.05) is 6.54 Å². The van der Waals surface area contributed by atoms with Gasteiger partial charge in [0.05, 0.1) is 11.0 Å². The van der Waals surface area contributed by atoms with E-state index in [1.807, 2.05) is 18.2 Å². The minimum Gasteiger partial charge on any atom is -0.330 e. The molecule has 0 saturated heterocycles. The van der Waals surface area contributed by atoms with Crippen molar-refractivity contribution in [3.63, 3.8) is 0 Å². The molecule has 0 aliphatic heterocycles. The maximum atomic E-state index is 6.14. The molecule has 0 amide bonds. The Morgan fingerprint density at radius 3 is 2.71 bits per heavy atom. The predicted octanol–water partition coefficient (Wildman–Crippen LogP) is 4.26. The quantitative estimate of drug-likeness (QED) is 0.830. The van der Waals surface area contributed by atoms with E-state index in [9.17, 15) is 0 Å². The molecule has 4 heteroatoms. The number of nitrogens with two attached hydrogens (primary N) is 1. The molecule has 1 heterocycles. The summed E-state index contributed by atoms with van der Waals surface area (Å²) in [7, 11) is 0. The minimum atomic E-state index is 0.493. The number of aryl methyl sites for hydroxylation is 1. The first kappa shape index (κ1) is 16.3. The van der Waals surface area contributed by atoms with E-state index >= 15 is 0 Å². The van der Waals surface area contributed by atoms with E-state index in [0.29, 0.717) is 18.4 Å². The first-order valence-corrected chi connectivity index (χ1v) is 8.27. The number of aromatic nitrogens is 2. The Morgan fingerprint density at radius 2 is 2.10 bits per heavy atom. The van der Waals surface area contributed by atoms with Crippen molar-refractivity contribution in [3.8, 4) is 0 Å². The lowest BCUT2D eigenvalue weighted by Gasteiger charge is -2.17. The molecular formula is C17H26ClN3. The van der Waals surface area contributed by atoms with Crippen molar-refractivity contribution >= 4 is 22.6 Å². The van der Waals surface area contributed by atoms with Gasteiger partial charge in [0, 0.05) is 18.0 Å². The second-order valence-corrected chi connectivity index (χ2v) is 6.68. The minimum absolute atomic E-state index is 0.493. The standard InChI is InChI=1S/C17H26ClN3/c1-4-7-21-16-10-14(18)5-6-15(16)20-17(21)9-13(11-19)8-12(2)3/h5-6,10,12-13H,4,7-9,11,19H2,1-3H3. The zero-order valence-corrected chi connectivity index (χ0v) is 14.0. The molecule has 1 aromatic heterocycles. The van der Waals surface area contributed by atoms with E-state index in [0.717, 1.165) is 47.7 Å². The summed E-state index contributed by atoms with van der Waals surface area (Å²) < 4.78 is 2.31. The van der Waals surface area contributed by atoms with Crippen LogP contribution in [0, 0.1) is 11.8 Å². The van der Waals surface area contributed by atoms with Crippen LogP contribution in [0.3, 0.4) is 0 Å². The molecule has 1 atom stereocenters. The van der Waals surface area contributed by atoms with Gasteiger partial charge in [-0.15, -0.1) is 0 Å². The fourth-order valence-corrected chi connectivity index (χ4v) is 3.13. The van der Waals surface area contributed by atoms with Gasteiger partial charge in [-0.3, -0.25) is 0 Å². The second-order valence-electron chi connectivity index (χ2n) is 6.25. The third-order valence-electron chi connectivity index (χ3n) is 3.85. The summed E-state index contributed by atoms with van der Waals surface area (Å²) in [5.41, 5.74) is 8.12. The van der Waals surface area contributed by atoms with Crippen molar-refractivity contribution in [3.05, 3.63) is 29.0 Å². The SMILES string of the molecule is CCCn1c(CC(CN)CC(C)C)nc2ccc(Cl)cc21. The van der Waals surface area contributed by atoms with Crippen LogP contribution < -0.4 is 5.73 Å². The van der Waals surface area contributed by atoms with Crippen molar-refractivity contribution < 1.29 is 0 Å².